The molecule has 1 aromatic carbocycles. The molecule has 2 rings (SSSR count). The van der Waals surface area contributed by atoms with Crippen LogP contribution in [-0.4, -0.2) is 23.0 Å². The zero-order valence-electron chi connectivity index (χ0n) is 12.0. The van der Waals surface area contributed by atoms with E-state index in [2.05, 4.69) is 12.2 Å². The molecular formula is C15H20N2O3. The van der Waals surface area contributed by atoms with E-state index in [1.54, 1.807) is 6.92 Å². The zero-order chi connectivity index (χ0) is 15.1. The Morgan fingerprint density at radius 1 is 1.35 bits per heavy atom. The van der Waals surface area contributed by atoms with Gasteiger partial charge in [0.05, 0.1) is 11.1 Å². The number of carboxylic acids is 1. The third kappa shape index (κ3) is 2.61. The molecule has 1 amide bonds. The van der Waals surface area contributed by atoms with Crippen LogP contribution >= 0.6 is 0 Å². The summed E-state index contributed by atoms with van der Waals surface area (Å²) < 4.78 is 0. The molecule has 5 heteroatoms. The highest BCUT2D eigenvalue weighted by Gasteiger charge is 2.42. The molecule has 5 nitrogen and oxygen atoms in total. The van der Waals surface area contributed by atoms with Crippen LogP contribution in [0.4, 0.5) is 5.69 Å². The van der Waals surface area contributed by atoms with Gasteiger partial charge in [0.25, 0.3) is 5.91 Å². The number of carbonyl (C=O) groups excluding carboxylic acids is 1. The molecule has 0 bridgehead atoms. The first kappa shape index (κ1) is 14.4. The maximum absolute atomic E-state index is 11.5. The third-order valence-corrected chi connectivity index (χ3v) is 4.32. The van der Waals surface area contributed by atoms with E-state index >= 15 is 0 Å². The van der Waals surface area contributed by atoms with Crippen molar-refractivity contribution in [2.24, 2.45) is 11.1 Å². The van der Waals surface area contributed by atoms with E-state index in [-0.39, 0.29) is 17.0 Å². The number of nitrogens with one attached hydrogen (secondary N) is 1. The van der Waals surface area contributed by atoms with Crippen LogP contribution in [0, 0.1) is 12.3 Å². The summed E-state index contributed by atoms with van der Waals surface area (Å²) in [6.07, 6.45) is 2.26. The van der Waals surface area contributed by atoms with Crippen molar-refractivity contribution in [1.29, 1.82) is 0 Å². The molecule has 0 saturated heterocycles. The van der Waals surface area contributed by atoms with Gasteiger partial charge in [-0.25, -0.2) is 4.79 Å². The molecule has 0 spiro atoms. The first-order chi connectivity index (χ1) is 9.24. The fraction of sp³-hybridized carbons (Fsp3) is 0.467. The third-order valence-electron chi connectivity index (χ3n) is 4.32. The Bertz CT molecular complexity index is 577. The average Bonchev–Trinajstić information content (AvgIpc) is 3.09. The molecule has 0 unspecified atom stereocenters. The average molecular weight is 276 g/mol. The van der Waals surface area contributed by atoms with Crippen LogP contribution in [0.5, 0.6) is 0 Å². The fourth-order valence-corrected chi connectivity index (χ4v) is 2.30. The minimum absolute atomic E-state index is 0.157. The van der Waals surface area contributed by atoms with Crippen LogP contribution in [-0.2, 0) is 0 Å². The number of carbonyl (C=O) groups is 2. The molecule has 0 aromatic heterocycles. The topological polar surface area (TPSA) is 92.4 Å². The van der Waals surface area contributed by atoms with Crippen LogP contribution in [0.25, 0.3) is 0 Å². The standard InChI is InChI=1S/C15H20N2O3/c1-8-6-11(13(16)18)12(7-10(8)14(19)20)17-9(2)15(3)4-5-15/h6-7,9,17H,4-5H2,1-3H3,(H2,16,18)(H,19,20)/t9-/m1/s1. The van der Waals surface area contributed by atoms with Gasteiger partial charge >= 0.3 is 5.97 Å². The van der Waals surface area contributed by atoms with Gasteiger partial charge in [0.2, 0.25) is 0 Å². The maximum Gasteiger partial charge on any atom is 0.336 e. The van der Waals surface area contributed by atoms with Crippen molar-refractivity contribution in [2.75, 3.05) is 5.32 Å². The second-order valence-corrected chi connectivity index (χ2v) is 5.90. The lowest BCUT2D eigenvalue weighted by molar-refractivity contribution is 0.0695. The Morgan fingerprint density at radius 2 is 1.95 bits per heavy atom. The van der Waals surface area contributed by atoms with Crippen LogP contribution in [0.1, 0.15) is 53.0 Å². The second kappa shape index (κ2) is 4.81. The number of hydrogen-bond acceptors (Lipinski definition) is 3. The van der Waals surface area contributed by atoms with Gasteiger partial charge in [-0.1, -0.05) is 6.92 Å². The van der Waals surface area contributed by atoms with Crippen LogP contribution in [0.15, 0.2) is 12.1 Å². The van der Waals surface area contributed by atoms with Crippen LogP contribution in [0.3, 0.4) is 0 Å². The van der Waals surface area contributed by atoms with E-state index in [0.29, 0.717) is 16.8 Å². The fourth-order valence-electron chi connectivity index (χ4n) is 2.30. The van der Waals surface area contributed by atoms with E-state index in [4.69, 9.17) is 5.73 Å². The van der Waals surface area contributed by atoms with Gasteiger partial charge in [0.15, 0.2) is 0 Å². The highest BCUT2D eigenvalue weighted by molar-refractivity contribution is 6.01. The Labute approximate surface area is 118 Å². The summed E-state index contributed by atoms with van der Waals surface area (Å²) >= 11 is 0. The number of nitrogens with two attached hydrogens (primary N) is 1. The lowest BCUT2D eigenvalue weighted by atomic mass is 9.98. The lowest BCUT2D eigenvalue weighted by Crippen LogP contribution is -2.27. The van der Waals surface area contributed by atoms with Gasteiger partial charge in [0, 0.05) is 11.7 Å². The van der Waals surface area contributed by atoms with Crippen LogP contribution in [0.2, 0.25) is 0 Å². The number of aryl methyl sites for hydroxylation is 1. The highest BCUT2D eigenvalue weighted by Crippen LogP contribution is 2.49. The van der Waals surface area contributed by atoms with E-state index in [0.717, 1.165) is 12.8 Å². The number of aromatic carboxylic acids is 1. The minimum atomic E-state index is -1.01. The summed E-state index contributed by atoms with van der Waals surface area (Å²) in [7, 11) is 0. The molecule has 4 N–H and O–H groups in total. The van der Waals surface area contributed by atoms with Gasteiger partial charge in [0.1, 0.15) is 0 Å². The molecule has 0 aliphatic heterocycles. The number of amides is 1. The quantitative estimate of drug-likeness (QED) is 0.770. The first-order valence-electron chi connectivity index (χ1n) is 6.69. The van der Waals surface area contributed by atoms with Crippen molar-refractivity contribution in [3.63, 3.8) is 0 Å². The van der Waals surface area contributed by atoms with E-state index in [1.165, 1.54) is 12.1 Å². The Kier molecular flexibility index (Phi) is 3.46. The van der Waals surface area contributed by atoms with Crippen LogP contribution < -0.4 is 11.1 Å². The van der Waals surface area contributed by atoms with Gasteiger partial charge in [-0.2, -0.15) is 0 Å². The van der Waals surface area contributed by atoms with E-state index in [9.17, 15) is 14.7 Å². The van der Waals surface area contributed by atoms with Crippen molar-refractivity contribution in [1.82, 2.24) is 0 Å². The second-order valence-electron chi connectivity index (χ2n) is 5.90. The van der Waals surface area contributed by atoms with Crippen molar-refractivity contribution in [3.8, 4) is 0 Å². The molecule has 1 aromatic rings. The zero-order valence-corrected chi connectivity index (χ0v) is 12.0. The number of benzene rings is 1. The number of anilines is 1. The monoisotopic (exact) mass is 276 g/mol. The molecular weight excluding hydrogens is 256 g/mol. The predicted octanol–water partition coefficient (Wildman–Crippen LogP) is 2.39. The highest BCUT2D eigenvalue weighted by atomic mass is 16.4. The van der Waals surface area contributed by atoms with E-state index in [1.807, 2.05) is 6.92 Å². The summed E-state index contributed by atoms with van der Waals surface area (Å²) in [4.78, 5) is 22.7. The summed E-state index contributed by atoms with van der Waals surface area (Å²) in [5, 5.41) is 12.4. The van der Waals surface area contributed by atoms with Gasteiger partial charge in [-0.05, 0) is 49.8 Å². The smallest absolute Gasteiger partial charge is 0.336 e. The molecule has 0 heterocycles. The van der Waals surface area contributed by atoms with Gasteiger partial charge in [-0.15, -0.1) is 0 Å². The number of primary amides is 1. The lowest BCUT2D eigenvalue weighted by Gasteiger charge is -2.23. The van der Waals surface area contributed by atoms with Crippen molar-refractivity contribution >= 4 is 17.6 Å². The van der Waals surface area contributed by atoms with Gasteiger partial charge < -0.3 is 16.2 Å². The molecule has 1 atom stereocenters. The van der Waals surface area contributed by atoms with Crippen molar-refractivity contribution in [2.45, 2.75) is 39.7 Å². The normalized spacial score (nSPS) is 17.4. The number of hydrogen-bond donors (Lipinski definition) is 3. The molecule has 1 saturated carbocycles. The molecule has 1 aliphatic rings. The minimum Gasteiger partial charge on any atom is -0.478 e. The molecule has 108 valence electrons. The predicted molar refractivity (Wildman–Crippen MR) is 77.1 cm³/mol. The Balaban J connectivity index is 2.40. The molecule has 1 aliphatic carbocycles. The van der Waals surface area contributed by atoms with E-state index < -0.39 is 11.9 Å². The Hall–Kier alpha value is -2.04. The summed E-state index contributed by atoms with van der Waals surface area (Å²) in [5.74, 6) is -1.56. The maximum atomic E-state index is 11.5. The summed E-state index contributed by atoms with van der Waals surface area (Å²) in [5.41, 5.74) is 7.15. The number of carboxylic acid groups (broad SMARTS) is 1. The summed E-state index contributed by atoms with van der Waals surface area (Å²) in [6, 6.07) is 3.20. The van der Waals surface area contributed by atoms with Gasteiger partial charge in [-0.3, -0.25) is 4.79 Å². The molecule has 20 heavy (non-hydrogen) atoms. The number of rotatable bonds is 5. The Morgan fingerprint density at radius 3 is 2.40 bits per heavy atom. The largest absolute Gasteiger partial charge is 0.478 e. The van der Waals surface area contributed by atoms with Crippen molar-refractivity contribution < 1.29 is 14.7 Å². The van der Waals surface area contributed by atoms with Crippen molar-refractivity contribution in [3.05, 3.63) is 28.8 Å². The SMILES string of the molecule is Cc1cc(C(N)=O)c(N[C@H](C)C2(C)CC2)cc1C(=O)O. The molecule has 1 fully saturated rings. The summed E-state index contributed by atoms with van der Waals surface area (Å²) in [6.45, 7) is 5.87. The first-order valence-corrected chi connectivity index (χ1v) is 6.69. The molecule has 0 radical (unpaired) electrons.